The first-order valence-electron chi connectivity index (χ1n) is 9.10. The number of amides is 1. The summed E-state index contributed by atoms with van der Waals surface area (Å²) in [7, 11) is -3.84. The third kappa shape index (κ3) is 5.52. The topological polar surface area (TPSA) is 123 Å². The van der Waals surface area contributed by atoms with Gasteiger partial charge in [0.25, 0.3) is 5.69 Å². The molecule has 154 valence electrons. The average molecular weight is 419 g/mol. The van der Waals surface area contributed by atoms with Crippen molar-refractivity contribution in [1.82, 2.24) is 9.62 Å². The number of carbonyl (C=O) groups is 1. The summed E-state index contributed by atoms with van der Waals surface area (Å²) in [6.45, 7) is 1.28. The van der Waals surface area contributed by atoms with Gasteiger partial charge in [-0.2, -0.15) is 0 Å². The number of sulfonamides is 1. The Labute approximate surface area is 168 Å². The van der Waals surface area contributed by atoms with Gasteiger partial charge in [0.1, 0.15) is 5.76 Å². The Morgan fingerprint density at radius 3 is 2.69 bits per heavy atom. The minimum atomic E-state index is -3.84. The molecule has 0 unspecified atom stereocenters. The van der Waals surface area contributed by atoms with Gasteiger partial charge in [0.2, 0.25) is 15.9 Å². The molecule has 1 aromatic carbocycles. The van der Waals surface area contributed by atoms with Crippen LogP contribution in [0.5, 0.6) is 0 Å². The Hall–Kier alpha value is -2.98. The fourth-order valence-corrected chi connectivity index (χ4v) is 4.23. The number of hydrogen-bond acceptors (Lipinski definition) is 6. The van der Waals surface area contributed by atoms with Gasteiger partial charge in [0.05, 0.1) is 16.1 Å². The lowest BCUT2D eigenvalue weighted by Gasteiger charge is -2.31. The third-order valence-electron chi connectivity index (χ3n) is 4.76. The summed E-state index contributed by atoms with van der Waals surface area (Å²) < 4.78 is 32.5. The van der Waals surface area contributed by atoms with Crippen LogP contribution in [0.1, 0.15) is 18.6 Å². The van der Waals surface area contributed by atoms with E-state index in [9.17, 15) is 23.3 Å². The number of nitro groups is 1. The Bertz CT molecular complexity index is 993. The summed E-state index contributed by atoms with van der Waals surface area (Å²) >= 11 is 0. The molecule has 0 saturated carbocycles. The first-order chi connectivity index (χ1) is 13.8. The summed E-state index contributed by atoms with van der Waals surface area (Å²) in [5.41, 5.74) is -0.276. The summed E-state index contributed by atoms with van der Waals surface area (Å²) in [6, 6.07) is 8.43. The maximum Gasteiger partial charge on any atom is 0.270 e. The van der Waals surface area contributed by atoms with E-state index in [4.69, 9.17) is 4.42 Å². The lowest BCUT2D eigenvalue weighted by molar-refractivity contribution is -0.385. The van der Waals surface area contributed by atoms with Crippen LogP contribution in [0.3, 0.4) is 0 Å². The number of hydrogen-bond donors (Lipinski definition) is 1. The van der Waals surface area contributed by atoms with Crippen LogP contribution >= 0.6 is 0 Å². The molecule has 2 aromatic rings. The molecule has 1 N–H and O–H groups in total. The number of rotatable bonds is 7. The van der Waals surface area contributed by atoms with E-state index >= 15 is 0 Å². The highest BCUT2D eigenvalue weighted by Crippen LogP contribution is 2.20. The number of carbonyl (C=O) groups excluding carboxylic acids is 1. The highest BCUT2D eigenvalue weighted by molar-refractivity contribution is 7.89. The van der Waals surface area contributed by atoms with Gasteiger partial charge in [-0.3, -0.25) is 14.9 Å². The molecule has 2 heterocycles. The van der Waals surface area contributed by atoms with Crippen LogP contribution < -0.4 is 4.72 Å². The molecule has 1 fully saturated rings. The normalized spacial score (nSPS) is 15.7. The first-order valence-corrected chi connectivity index (χ1v) is 10.6. The minimum Gasteiger partial charge on any atom is -0.465 e. The van der Waals surface area contributed by atoms with E-state index in [-0.39, 0.29) is 29.0 Å². The van der Waals surface area contributed by atoms with Crippen LogP contribution in [-0.2, 0) is 14.8 Å². The fraction of sp³-hybridized carbons (Fsp3) is 0.316. The van der Waals surface area contributed by atoms with Crippen LogP contribution in [0, 0.1) is 16.0 Å². The van der Waals surface area contributed by atoms with Gasteiger partial charge in [0.15, 0.2) is 0 Å². The maximum absolute atomic E-state index is 12.4. The summed E-state index contributed by atoms with van der Waals surface area (Å²) in [6.07, 6.45) is 5.94. The van der Waals surface area contributed by atoms with Crippen LogP contribution in [0.15, 0.2) is 58.1 Å². The van der Waals surface area contributed by atoms with Crippen molar-refractivity contribution in [2.24, 2.45) is 5.92 Å². The van der Waals surface area contributed by atoms with Crippen molar-refractivity contribution in [2.75, 3.05) is 19.6 Å². The van der Waals surface area contributed by atoms with Gasteiger partial charge >= 0.3 is 0 Å². The lowest BCUT2D eigenvalue weighted by Crippen LogP contribution is -2.40. The van der Waals surface area contributed by atoms with Gasteiger partial charge in [-0.05, 0) is 43.0 Å². The quantitative estimate of drug-likeness (QED) is 0.418. The van der Waals surface area contributed by atoms with Crippen molar-refractivity contribution in [3.8, 4) is 0 Å². The number of piperidine rings is 1. The molecule has 9 nitrogen and oxygen atoms in total. The molecule has 1 saturated heterocycles. The van der Waals surface area contributed by atoms with Gasteiger partial charge in [-0.25, -0.2) is 13.1 Å². The Morgan fingerprint density at radius 1 is 1.28 bits per heavy atom. The van der Waals surface area contributed by atoms with E-state index in [0.717, 1.165) is 6.07 Å². The van der Waals surface area contributed by atoms with E-state index in [1.54, 1.807) is 23.1 Å². The largest absolute Gasteiger partial charge is 0.465 e. The zero-order chi connectivity index (χ0) is 20.9. The number of furan rings is 1. The molecule has 1 aliphatic heterocycles. The van der Waals surface area contributed by atoms with Crippen molar-refractivity contribution < 1.29 is 22.6 Å². The zero-order valence-corrected chi connectivity index (χ0v) is 16.4. The van der Waals surface area contributed by atoms with Gasteiger partial charge in [-0.1, -0.05) is 6.07 Å². The van der Waals surface area contributed by atoms with Crippen LogP contribution in [0.25, 0.3) is 6.08 Å². The predicted octanol–water partition coefficient (Wildman–Crippen LogP) is 2.42. The molecule has 3 rings (SSSR count). The standard InChI is InChI=1S/C19H21N3O6S/c23-19(7-6-17-4-2-12-28-17)21-10-8-15(9-11-21)14-20-29(26,27)18-5-1-3-16(13-18)22(24)25/h1-7,12-13,15,20H,8-11,14H2/b7-6+. The Kier molecular flexibility index (Phi) is 6.45. The summed E-state index contributed by atoms with van der Waals surface area (Å²) in [5.74, 6) is 0.572. The molecule has 1 aromatic heterocycles. The second-order valence-corrected chi connectivity index (χ2v) is 8.49. The summed E-state index contributed by atoms with van der Waals surface area (Å²) in [5, 5.41) is 10.8. The molecular weight excluding hydrogens is 398 g/mol. The lowest BCUT2D eigenvalue weighted by atomic mass is 9.97. The number of nitrogens with one attached hydrogen (secondary N) is 1. The molecule has 0 aliphatic carbocycles. The van der Waals surface area contributed by atoms with Gasteiger partial charge in [-0.15, -0.1) is 0 Å². The van der Waals surface area contributed by atoms with Gasteiger partial charge < -0.3 is 9.32 Å². The molecule has 0 atom stereocenters. The highest BCUT2D eigenvalue weighted by atomic mass is 32.2. The molecule has 1 aliphatic rings. The van der Waals surface area contributed by atoms with Crippen molar-refractivity contribution >= 4 is 27.7 Å². The highest BCUT2D eigenvalue weighted by Gasteiger charge is 2.24. The SMILES string of the molecule is O=C(/C=C/c1ccco1)N1CCC(CNS(=O)(=O)c2cccc([N+](=O)[O-])c2)CC1. The van der Waals surface area contributed by atoms with E-state index in [1.165, 1.54) is 30.5 Å². The van der Waals surface area contributed by atoms with E-state index < -0.39 is 14.9 Å². The van der Waals surface area contributed by atoms with E-state index in [2.05, 4.69) is 4.72 Å². The molecular formula is C19H21N3O6S. The van der Waals surface area contributed by atoms with Crippen molar-refractivity contribution in [1.29, 1.82) is 0 Å². The monoisotopic (exact) mass is 419 g/mol. The molecule has 29 heavy (non-hydrogen) atoms. The number of likely N-dealkylation sites (tertiary alicyclic amines) is 1. The van der Waals surface area contributed by atoms with Gasteiger partial charge in [0, 0.05) is 37.8 Å². The molecule has 0 bridgehead atoms. The first kappa shape index (κ1) is 20.7. The minimum absolute atomic E-state index is 0.0848. The zero-order valence-electron chi connectivity index (χ0n) is 15.6. The second kappa shape index (κ2) is 9.01. The molecule has 0 spiro atoms. The van der Waals surface area contributed by atoms with Crippen LogP contribution in [-0.4, -0.2) is 43.8 Å². The number of benzene rings is 1. The third-order valence-corrected chi connectivity index (χ3v) is 6.18. The molecule has 0 radical (unpaired) electrons. The smallest absolute Gasteiger partial charge is 0.270 e. The number of non-ortho nitro benzene ring substituents is 1. The molecule has 1 amide bonds. The fourth-order valence-electron chi connectivity index (χ4n) is 3.08. The van der Waals surface area contributed by atoms with E-state index in [0.29, 0.717) is 31.7 Å². The van der Waals surface area contributed by atoms with Crippen molar-refractivity contribution in [3.63, 3.8) is 0 Å². The van der Waals surface area contributed by atoms with Crippen LogP contribution in [0.2, 0.25) is 0 Å². The second-order valence-electron chi connectivity index (χ2n) is 6.72. The predicted molar refractivity (Wildman–Crippen MR) is 105 cm³/mol. The van der Waals surface area contributed by atoms with Crippen molar-refractivity contribution in [2.45, 2.75) is 17.7 Å². The number of nitrogens with zero attached hydrogens (tertiary/aromatic N) is 2. The van der Waals surface area contributed by atoms with Crippen molar-refractivity contribution in [3.05, 3.63) is 64.6 Å². The van der Waals surface area contributed by atoms with Crippen LogP contribution in [0.4, 0.5) is 5.69 Å². The molecule has 10 heteroatoms. The summed E-state index contributed by atoms with van der Waals surface area (Å²) in [4.78, 5) is 24.0. The van der Waals surface area contributed by atoms with E-state index in [1.807, 2.05) is 0 Å². The Balaban J connectivity index is 1.50. The average Bonchev–Trinajstić information content (AvgIpc) is 3.25. The number of nitro benzene ring substituents is 1. The Morgan fingerprint density at radius 2 is 2.03 bits per heavy atom. The maximum atomic E-state index is 12.4.